The van der Waals surface area contributed by atoms with Crippen molar-refractivity contribution in [3.05, 3.63) is 30.6 Å². The van der Waals surface area contributed by atoms with Crippen LogP contribution in [0.2, 0.25) is 0 Å². The Bertz CT molecular complexity index is 839. The third-order valence-electron chi connectivity index (χ3n) is 4.49. The van der Waals surface area contributed by atoms with Crippen molar-refractivity contribution in [3.8, 4) is 17.0 Å². The molecule has 0 saturated carbocycles. The fraction of sp³-hybridized carbons (Fsp3) is 0.444. The summed E-state index contributed by atoms with van der Waals surface area (Å²) in [5.74, 6) is 0.855. The number of H-pyrrole nitrogens is 1. The minimum Gasteiger partial charge on any atom is -0.493 e. The fourth-order valence-corrected chi connectivity index (χ4v) is 3.19. The van der Waals surface area contributed by atoms with Crippen LogP contribution in [0, 0.1) is 0 Å². The molecule has 2 atom stereocenters. The van der Waals surface area contributed by atoms with Crippen molar-refractivity contribution in [2.24, 2.45) is 0 Å². The second kappa shape index (κ2) is 6.28. The van der Waals surface area contributed by atoms with E-state index in [2.05, 4.69) is 35.3 Å². The first-order valence-corrected chi connectivity index (χ1v) is 8.48. The molecule has 4 rings (SSSR count). The molecule has 6 heteroatoms. The van der Waals surface area contributed by atoms with Gasteiger partial charge in [-0.3, -0.25) is 9.78 Å². The molecule has 4 bridgehead atoms. The normalized spacial score (nSPS) is 22.1. The summed E-state index contributed by atoms with van der Waals surface area (Å²) in [5.41, 5.74) is 2.92. The number of fused-ring (bicyclic) bond motifs is 4. The van der Waals surface area contributed by atoms with Crippen LogP contribution in [0.15, 0.2) is 30.6 Å². The number of nitrogens with zero attached hydrogens (tertiary/aromatic N) is 3. The van der Waals surface area contributed by atoms with Gasteiger partial charge in [-0.2, -0.15) is 10.2 Å². The SMILES string of the molecule is C[C@@H]1C[C@@H](C)n2cc(cn2)-c2n[nH]c3ccc(cc23)OCCCO1. The van der Waals surface area contributed by atoms with Crippen LogP contribution in [-0.4, -0.2) is 39.3 Å². The first-order chi connectivity index (χ1) is 11.7. The van der Waals surface area contributed by atoms with E-state index in [-0.39, 0.29) is 12.1 Å². The lowest BCUT2D eigenvalue weighted by molar-refractivity contribution is 0.0433. The van der Waals surface area contributed by atoms with Crippen molar-refractivity contribution in [3.63, 3.8) is 0 Å². The van der Waals surface area contributed by atoms with Crippen LogP contribution < -0.4 is 4.74 Å². The molecule has 6 nitrogen and oxygen atoms in total. The van der Waals surface area contributed by atoms with E-state index in [4.69, 9.17) is 9.47 Å². The summed E-state index contributed by atoms with van der Waals surface area (Å²) < 4.78 is 13.7. The van der Waals surface area contributed by atoms with Crippen LogP contribution in [0.4, 0.5) is 0 Å². The van der Waals surface area contributed by atoms with Crippen molar-refractivity contribution < 1.29 is 9.47 Å². The fourth-order valence-electron chi connectivity index (χ4n) is 3.19. The van der Waals surface area contributed by atoms with E-state index in [0.29, 0.717) is 13.2 Å². The summed E-state index contributed by atoms with van der Waals surface area (Å²) >= 11 is 0. The van der Waals surface area contributed by atoms with E-state index >= 15 is 0 Å². The lowest BCUT2D eigenvalue weighted by Gasteiger charge is -2.18. The van der Waals surface area contributed by atoms with E-state index in [1.54, 1.807) is 0 Å². The zero-order valence-electron chi connectivity index (χ0n) is 14.0. The van der Waals surface area contributed by atoms with E-state index in [0.717, 1.165) is 40.8 Å². The Morgan fingerprint density at radius 2 is 2.17 bits per heavy atom. The highest BCUT2D eigenvalue weighted by Crippen LogP contribution is 2.30. The summed E-state index contributed by atoms with van der Waals surface area (Å²) in [6, 6.07) is 6.29. The topological polar surface area (TPSA) is 65.0 Å². The largest absolute Gasteiger partial charge is 0.493 e. The molecule has 1 aliphatic heterocycles. The third kappa shape index (κ3) is 2.89. The number of benzene rings is 1. The summed E-state index contributed by atoms with van der Waals surface area (Å²) in [6.07, 6.45) is 5.92. The Labute approximate surface area is 140 Å². The van der Waals surface area contributed by atoms with Gasteiger partial charge < -0.3 is 9.47 Å². The van der Waals surface area contributed by atoms with Gasteiger partial charge in [0.2, 0.25) is 0 Å². The van der Waals surface area contributed by atoms with Gasteiger partial charge in [-0.05, 0) is 38.5 Å². The lowest BCUT2D eigenvalue weighted by Crippen LogP contribution is -2.17. The zero-order valence-corrected chi connectivity index (χ0v) is 14.0. The highest BCUT2D eigenvalue weighted by molar-refractivity contribution is 5.93. The predicted molar refractivity (Wildman–Crippen MR) is 92.2 cm³/mol. The number of hydrogen-bond donors (Lipinski definition) is 1. The van der Waals surface area contributed by atoms with Crippen LogP contribution in [-0.2, 0) is 4.74 Å². The molecule has 126 valence electrons. The van der Waals surface area contributed by atoms with Crippen molar-refractivity contribution in [2.45, 2.75) is 38.8 Å². The molecule has 1 N–H and O–H groups in total. The Balaban J connectivity index is 1.76. The van der Waals surface area contributed by atoms with Gasteiger partial charge >= 0.3 is 0 Å². The number of aromatic amines is 1. The van der Waals surface area contributed by atoms with Gasteiger partial charge in [0.05, 0.1) is 37.1 Å². The molecule has 0 unspecified atom stereocenters. The molecular weight excluding hydrogens is 304 g/mol. The summed E-state index contributed by atoms with van der Waals surface area (Å²) in [5, 5.41) is 13.1. The highest BCUT2D eigenvalue weighted by atomic mass is 16.5. The maximum absolute atomic E-state index is 5.89. The van der Waals surface area contributed by atoms with Crippen LogP contribution in [0.5, 0.6) is 5.75 Å². The number of hydrogen-bond acceptors (Lipinski definition) is 4. The van der Waals surface area contributed by atoms with Crippen molar-refractivity contribution in [2.75, 3.05) is 13.2 Å². The molecule has 0 spiro atoms. The molecular formula is C18H22N4O2. The minimum atomic E-state index is 0.191. The molecule has 0 aliphatic carbocycles. The lowest BCUT2D eigenvalue weighted by atomic mass is 10.1. The average Bonchev–Trinajstić information content (AvgIpc) is 3.19. The Hall–Kier alpha value is -2.34. The molecule has 1 aromatic carbocycles. The maximum atomic E-state index is 5.89. The van der Waals surface area contributed by atoms with E-state index in [9.17, 15) is 0 Å². The average molecular weight is 326 g/mol. The highest BCUT2D eigenvalue weighted by Gasteiger charge is 2.16. The zero-order chi connectivity index (χ0) is 16.5. The van der Waals surface area contributed by atoms with Gasteiger partial charge in [0.25, 0.3) is 0 Å². The van der Waals surface area contributed by atoms with Gasteiger partial charge in [-0.25, -0.2) is 0 Å². The first-order valence-electron chi connectivity index (χ1n) is 8.48. The molecule has 0 saturated heterocycles. The Morgan fingerprint density at radius 3 is 3.08 bits per heavy atom. The number of nitrogens with one attached hydrogen (secondary N) is 1. The Kier molecular flexibility index (Phi) is 3.98. The first kappa shape index (κ1) is 15.2. The van der Waals surface area contributed by atoms with Crippen LogP contribution >= 0.6 is 0 Å². The molecule has 3 heterocycles. The molecule has 3 aromatic rings. The summed E-state index contributed by atoms with van der Waals surface area (Å²) in [7, 11) is 0. The maximum Gasteiger partial charge on any atom is 0.120 e. The summed E-state index contributed by atoms with van der Waals surface area (Å²) in [6.45, 7) is 5.63. The van der Waals surface area contributed by atoms with Crippen LogP contribution in [0.25, 0.3) is 22.2 Å². The third-order valence-corrected chi connectivity index (χ3v) is 4.49. The van der Waals surface area contributed by atoms with Gasteiger partial charge in [0.1, 0.15) is 11.4 Å². The van der Waals surface area contributed by atoms with Crippen LogP contribution in [0.1, 0.15) is 32.7 Å². The molecule has 1 aliphatic rings. The standard InChI is InChI=1S/C18H22N4O2/c1-12-8-13(2)23-6-3-7-24-15-4-5-17-16(9-15)18(21-20-17)14-10-19-22(12)11-14/h4-5,9-13H,3,6-8H2,1-2H3,(H,20,21)/t12-,13-/m1/s1. The molecule has 0 fully saturated rings. The second-order valence-corrected chi connectivity index (χ2v) is 6.46. The van der Waals surface area contributed by atoms with Crippen molar-refractivity contribution >= 4 is 10.9 Å². The molecule has 0 radical (unpaired) electrons. The van der Waals surface area contributed by atoms with Gasteiger partial charge in [-0.15, -0.1) is 0 Å². The predicted octanol–water partition coefficient (Wildman–Crippen LogP) is 3.57. The van der Waals surface area contributed by atoms with Crippen LogP contribution in [0.3, 0.4) is 0 Å². The smallest absolute Gasteiger partial charge is 0.120 e. The molecule has 0 amide bonds. The van der Waals surface area contributed by atoms with Crippen molar-refractivity contribution in [1.82, 2.24) is 20.0 Å². The summed E-state index contributed by atoms with van der Waals surface area (Å²) in [4.78, 5) is 0. The minimum absolute atomic E-state index is 0.191. The van der Waals surface area contributed by atoms with Crippen molar-refractivity contribution in [1.29, 1.82) is 0 Å². The van der Waals surface area contributed by atoms with Gasteiger partial charge in [0, 0.05) is 23.6 Å². The molecule has 2 aromatic heterocycles. The number of ether oxygens (including phenoxy) is 2. The van der Waals surface area contributed by atoms with E-state index in [1.165, 1.54) is 0 Å². The van der Waals surface area contributed by atoms with E-state index in [1.807, 2.05) is 29.1 Å². The molecule has 24 heavy (non-hydrogen) atoms. The quantitative estimate of drug-likeness (QED) is 0.686. The van der Waals surface area contributed by atoms with Gasteiger partial charge in [0.15, 0.2) is 0 Å². The Morgan fingerprint density at radius 1 is 1.25 bits per heavy atom. The van der Waals surface area contributed by atoms with Gasteiger partial charge in [-0.1, -0.05) is 0 Å². The van der Waals surface area contributed by atoms with E-state index < -0.39 is 0 Å². The monoisotopic (exact) mass is 326 g/mol. The number of rotatable bonds is 0. The second-order valence-electron chi connectivity index (χ2n) is 6.46. The number of aromatic nitrogens is 4.